The lowest BCUT2D eigenvalue weighted by molar-refractivity contribution is -0.116. The highest BCUT2D eigenvalue weighted by molar-refractivity contribution is 7.18. The zero-order valence-electron chi connectivity index (χ0n) is 15.7. The first-order valence-corrected chi connectivity index (χ1v) is 9.19. The average molecular weight is 390 g/mol. The van der Waals surface area contributed by atoms with Crippen molar-refractivity contribution in [2.75, 3.05) is 24.9 Å². The summed E-state index contributed by atoms with van der Waals surface area (Å²) >= 11 is 1.05. The molecule has 2 amide bonds. The summed E-state index contributed by atoms with van der Waals surface area (Å²) in [5, 5.41) is 5.79. The molecule has 2 rings (SSSR count). The van der Waals surface area contributed by atoms with Crippen molar-refractivity contribution >= 4 is 39.8 Å². The third-order valence-corrected chi connectivity index (χ3v) is 5.01. The van der Waals surface area contributed by atoms with Crippen molar-refractivity contribution in [2.24, 2.45) is 0 Å². The number of nitrogens with one attached hydrogen (secondary N) is 2. The molecule has 0 spiro atoms. The number of benzene rings is 1. The molecule has 0 saturated heterocycles. The number of ether oxygens (including phenoxy) is 2. The molecule has 144 valence electrons. The summed E-state index contributed by atoms with van der Waals surface area (Å²) in [6.45, 7) is 3.53. The smallest absolute Gasteiger partial charge is 0.341 e. The second-order valence-electron chi connectivity index (χ2n) is 5.74. The van der Waals surface area contributed by atoms with Crippen LogP contribution in [0.1, 0.15) is 45.4 Å². The predicted molar refractivity (Wildman–Crippen MR) is 105 cm³/mol. The summed E-state index contributed by atoms with van der Waals surface area (Å²) in [5.41, 5.74) is 1.21. The van der Waals surface area contributed by atoms with Crippen molar-refractivity contribution in [1.82, 2.24) is 0 Å². The number of amides is 2. The van der Waals surface area contributed by atoms with Crippen LogP contribution in [0, 0.1) is 6.92 Å². The van der Waals surface area contributed by atoms with Gasteiger partial charge in [-0.25, -0.2) is 4.79 Å². The summed E-state index contributed by atoms with van der Waals surface area (Å²) in [5.74, 6) is -0.593. The molecule has 0 bridgehead atoms. The van der Waals surface area contributed by atoms with Crippen LogP contribution in [0.15, 0.2) is 24.3 Å². The Hall–Kier alpha value is -2.87. The first kappa shape index (κ1) is 20.4. The molecule has 1 aromatic heterocycles. The second-order valence-corrected chi connectivity index (χ2v) is 6.76. The molecular formula is C19H22N2O5S. The van der Waals surface area contributed by atoms with Crippen LogP contribution in [0.2, 0.25) is 0 Å². The summed E-state index contributed by atoms with van der Waals surface area (Å²) in [6.07, 6.45) is 0.996. The van der Waals surface area contributed by atoms with Gasteiger partial charge < -0.3 is 20.1 Å². The Kier molecular flexibility index (Phi) is 6.95. The molecule has 1 heterocycles. The Morgan fingerprint density at radius 3 is 2.52 bits per heavy atom. The van der Waals surface area contributed by atoms with E-state index in [4.69, 9.17) is 9.47 Å². The van der Waals surface area contributed by atoms with Gasteiger partial charge in [0, 0.05) is 18.2 Å². The molecule has 0 radical (unpaired) electrons. The number of carbonyl (C=O) groups excluding carboxylic acids is 3. The maximum atomic E-state index is 12.7. The van der Waals surface area contributed by atoms with Crippen molar-refractivity contribution in [1.29, 1.82) is 0 Å². The molecule has 0 saturated carbocycles. The van der Waals surface area contributed by atoms with Crippen LogP contribution in [-0.4, -0.2) is 32.0 Å². The van der Waals surface area contributed by atoms with Gasteiger partial charge in [-0.15, -0.1) is 11.3 Å². The van der Waals surface area contributed by atoms with Gasteiger partial charge in [0.25, 0.3) is 5.91 Å². The van der Waals surface area contributed by atoms with Crippen LogP contribution < -0.4 is 15.4 Å². The molecule has 0 aliphatic carbocycles. The van der Waals surface area contributed by atoms with Gasteiger partial charge in [0.1, 0.15) is 10.8 Å². The van der Waals surface area contributed by atoms with Gasteiger partial charge >= 0.3 is 5.97 Å². The maximum Gasteiger partial charge on any atom is 0.341 e. The second kappa shape index (κ2) is 9.18. The van der Waals surface area contributed by atoms with Gasteiger partial charge in [-0.2, -0.15) is 0 Å². The zero-order valence-corrected chi connectivity index (χ0v) is 16.5. The summed E-state index contributed by atoms with van der Waals surface area (Å²) in [6, 6.07) is 6.94. The molecule has 2 N–H and O–H groups in total. The van der Waals surface area contributed by atoms with Crippen molar-refractivity contribution in [3.05, 3.63) is 40.3 Å². The van der Waals surface area contributed by atoms with Crippen molar-refractivity contribution in [2.45, 2.75) is 26.7 Å². The monoisotopic (exact) mass is 390 g/mol. The van der Waals surface area contributed by atoms with E-state index in [1.54, 1.807) is 31.2 Å². The van der Waals surface area contributed by atoms with Gasteiger partial charge in [-0.3, -0.25) is 9.59 Å². The summed E-state index contributed by atoms with van der Waals surface area (Å²) < 4.78 is 9.95. The van der Waals surface area contributed by atoms with E-state index in [1.165, 1.54) is 14.2 Å². The lowest BCUT2D eigenvalue weighted by atomic mass is 10.1. The van der Waals surface area contributed by atoms with Crippen molar-refractivity contribution in [3.8, 4) is 5.75 Å². The Morgan fingerprint density at radius 1 is 1.15 bits per heavy atom. The van der Waals surface area contributed by atoms with E-state index in [9.17, 15) is 14.4 Å². The third-order valence-electron chi connectivity index (χ3n) is 3.80. The fourth-order valence-electron chi connectivity index (χ4n) is 2.47. The lowest BCUT2D eigenvalue weighted by Gasteiger charge is -2.06. The fourth-order valence-corrected chi connectivity index (χ4v) is 3.58. The van der Waals surface area contributed by atoms with Gasteiger partial charge in [0.05, 0.1) is 24.7 Å². The first-order chi connectivity index (χ1) is 12.9. The minimum atomic E-state index is -0.601. The SMILES string of the molecule is CCCC(=O)Nc1sc(C(=O)Nc2cccc(OC)c2)c(C)c1C(=O)OC. The van der Waals surface area contributed by atoms with Crippen LogP contribution >= 0.6 is 11.3 Å². The molecule has 0 unspecified atom stereocenters. The van der Waals surface area contributed by atoms with E-state index in [0.717, 1.165) is 11.3 Å². The molecule has 0 aliphatic rings. The first-order valence-electron chi connectivity index (χ1n) is 8.38. The summed E-state index contributed by atoms with van der Waals surface area (Å²) in [7, 11) is 2.80. The molecule has 7 nitrogen and oxygen atoms in total. The number of hydrogen-bond donors (Lipinski definition) is 2. The van der Waals surface area contributed by atoms with Crippen LogP contribution in [0.3, 0.4) is 0 Å². The van der Waals surface area contributed by atoms with Crippen LogP contribution in [0.25, 0.3) is 0 Å². The molecule has 1 aromatic carbocycles. The van der Waals surface area contributed by atoms with Crippen LogP contribution in [0.4, 0.5) is 10.7 Å². The Balaban J connectivity index is 2.34. The summed E-state index contributed by atoms with van der Waals surface area (Å²) in [4.78, 5) is 37.2. The lowest BCUT2D eigenvalue weighted by Crippen LogP contribution is -2.14. The molecule has 0 fully saturated rings. The quantitative estimate of drug-likeness (QED) is 0.701. The van der Waals surface area contributed by atoms with Gasteiger partial charge in [0.2, 0.25) is 5.91 Å². The fraction of sp³-hybridized carbons (Fsp3) is 0.316. The van der Waals surface area contributed by atoms with Crippen molar-refractivity contribution in [3.63, 3.8) is 0 Å². The van der Waals surface area contributed by atoms with E-state index in [1.807, 2.05) is 6.92 Å². The minimum absolute atomic E-state index is 0.197. The van der Waals surface area contributed by atoms with Gasteiger partial charge in [-0.1, -0.05) is 13.0 Å². The third kappa shape index (κ3) is 4.85. The zero-order chi connectivity index (χ0) is 20.0. The standard InChI is InChI=1S/C19H22N2O5S/c1-5-7-14(22)21-18-15(19(24)26-4)11(2)16(27-18)17(23)20-12-8-6-9-13(10-12)25-3/h6,8-10H,5,7H2,1-4H3,(H,20,23)(H,21,22). The molecule has 0 aliphatic heterocycles. The highest BCUT2D eigenvalue weighted by atomic mass is 32.1. The van der Waals surface area contributed by atoms with E-state index in [-0.39, 0.29) is 17.4 Å². The van der Waals surface area contributed by atoms with E-state index < -0.39 is 5.97 Å². The normalized spacial score (nSPS) is 10.2. The largest absolute Gasteiger partial charge is 0.497 e. The number of carbonyl (C=O) groups is 3. The maximum absolute atomic E-state index is 12.7. The molecular weight excluding hydrogens is 368 g/mol. The van der Waals surface area contributed by atoms with Crippen LogP contribution in [-0.2, 0) is 9.53 Å². The van der Waals surface area contributed by atoms with Gasteiger partial charge in [-0.05, 0) is 31.0 Å². The highest BCUT2D eigenvalue weighted by Crippen LogP contribution is 2.34. The van der Waals surface area contributed by atoms with E-state index in [0.29, 0.717) is 39.7 Å². The molecule has 0 atom stereocenters. The Labute approximate surface area is 161 Å². The van der Waals surface area contributed by atoms with Crippen LogP contribution in [0.5, 0.6) is 5.75 Å². The topological polar surface area (TPSA) is 93.7 Å². The number of thiophene rings is 1. The van der Waals surface area contributed by atoms with E-state index >= 15 is 0 Å². The number of methoxy groups -OCH3 is 2. The van der Waals surface area contributed by atoms with Gasteiger partial charge in [0.15, 0.2) is 0 Å². The number of anilines is 2. The highest BCUT2D eigenvalue weighted by Gasteiger charge is 2.26. The Bertz CT molecular complexity index is 860. The minimum Gasteiger partial charge on any atom is -0.497 e. The van der Waals surface area contributed by atoms with Crippen molar-refractivity contribution < 1.29 is 23.9 Å². The number of esters is 1. The molecule has 27 heavy (non-hydrogen) atoms. The predicted octanol–water partition coefficient (Wildman–Crippen LogP) is 3.84. The number of rotatable bonds is 7. The average Bonchev–Trinajstić information content (AvgIpc) is 2.97. The Morgan fingerprint density at radius 2 is 1.89 bits per heavy atom. The van der Waals surface area contributed by atoms with E-state index in [2.05, 4.69) is 10.6 Å². The number of hydrogen-bond acceptors (Lipinski definition) is 6. The molecule has 8 heteroatoms. The molecule has 2 aromatic rings.